The molecule has 1 aliphatic heterocycles. The Balaban J connectivity index is 1.45. The van der Waals surface area contributed by atoms with Crippen LogP contribution in [0.2, 0.25) is 0 Å². The largest absolute Gasteiger partial charge is 0.357 e. The summed E-state index contributed by atoms with van der Waals surface area (Å²) in [7, 11) is 1.64. The van der Waals surface area contributed by atoms with Crippen LogP contribution in [0.15, 0.2) is 59.3 Å². The number of urea groups is 2. The number of carbonyl (C=O) groups excluding carboxylic acids is 2. The van der Waals surface area contributed by atoms with Gasteiger partial charge in [-0.2, -0.15) is 4.98 Å². The molecule has 0 aliphatic carbocycles. The van der Waals surface area contributed by atoms with Crippen molar-refractivity contribution in [1.29, 1.82) is 0 Å². The van der Waals surface area contributed by atoms with E-state index in [-0.39, 0.29) is 47.2 Å². The van der Waals surface area contributed by atoms with E-state index in [4.69, 9.17) is 4.52 Å². The van der Waals surface area contributed by atoms with Gasteiger partial charge in [0.05, 0.1) is 23.6 Å². The van der Waals surface area contributed by atoms with Crippen molar-refractivity contribution in [2.24, 2.45) is 0 Å². The number of nitrogens with one attached hydrogen (secondary N) is 3. The number of hydrogen-bond donors (Lipinski definition) is 3. The van der Waals surface area contributed by atoms with Gasteiger partial charge in [0.1, 0.15) is 11.6 Å². The number of rotatable bonds is 6. The molecule has 11 nitrogen and oxygen atoms in total. The van der Waals surface area contributed by atoms with Crippen molar-refractivity contribution in [2.75, 3.05) is 32.8 Å². The highest BCUT2D eigenvalue weighted by Crippen LogP contribution is 2.37. The lowest BCUT2D eigenvalue weighted by Gasteiger charge is -2.36. The minimum atomic E-state index is -0.762. The third kappa shape index (κ3) is 5.19. The third-order valence-corrected chi connectivity index (χ3v) is 5.96. The van der Waals surface area contributed by atoms with Crippen molar-refractivity contribution < 1.29 is 22.9 Å². The molecule has 4 amide bonds. The van der Waals surface area contributed by atoms with Crippen LogP contribution in [-0.4, -0.2) is 34.2 Å². The van der Waals surface area contributed by atoms with Crippen LogP contribution in [0.25, 0.3) is 0 Å². The number of nitrogens with zero attached hydrogens (tertiary/aromatic N) is 5. The van der Waals surface area contributed by atoms with Gasteiger partial charge in [0.25, 0.3) is 0 Å². The highest BCUT2D eigenvalue weighted by molar-refractivity contribution is 6.10. The minimum absolute atomic E-state index is 0.0529. The van der Waals surface area contributed by atoms with Gasteiger partial charge in [-0.05, 0) is 42.3 Å². The first kappa shape index (κ1) is 25.6. The Bertz CT molecular complexity index is 1560. The summed E-state index contributed by atoms with van der Waals surface area (Å²) < 4.78 is 33.9. The van der Waals surface area contributed by atoms with Crippen LogP contribution in [0.3, 0.4) is 0 Å². The van der Waals surface area contributed by atoms with E-state index < -0.39 is 23.7 Å². The summed E-state index contributed by atoms with van der Waals surface area (Å²) in [5.74, 6) is -0.494. The van der Waals surface area contributed by atoms with E-state index in [9.17, 15) is 18.4 Å². The maximum atomic E-state index is 14.7. The third-order valence-electron chi connectivity index (χ3n) is 5.96. The molecule has 0 spiro atoms. The molecule has 0 bridgehead atoms. The Hall–Kier alpha value is -5.07. The van der Waals surface area contributed by atoms with Gasteiger partial charge < -0.3 is 15.2 Å². The van der Waals surface area contributed by atoms with Gasteiger partial charge in [0.15, 0.2) is 5.82 Å². The molecule has 0 unspecified atom stereocenters. The summed E-state index contributed by atoms with van der Waals surface area (Å²) in [6.07, 6.45) is 1.55. The average Bonchev–Trinajstić information content (AvgIpc) is 3.38. The fourth-order valence-electron chi connectivity index (χ4n) is 3.98. The topological polar surface area (TPSA) is 129 Å². The van der Waals surface area contributed by atoms with Crippen LogP contribution in [0.1, 0.15) is 31.0 Å². The van der Waals surface area contributed by atoms with Gasteiger partial charge in [-0.3, -0.25) is 10.2 Å². The number of amides is 4. The first-order valence-electron chi connectivity index (χ1n) is 12.0. The number of benzene rings is 2. The molecule has 0 fully saturated rings. The van der Waals surface area contributed by atoms with Crippen molar-refractivity contribution in [3.05, 3.63) is 77.6 Å². The van der Waals surface area contributed by atoms with E-state index >= 15 is 0 Å². The smallest absolute Gasteiger partial charge is 0.335 e. The second-order valence-corrected chi connectivity index (χ2v) is 8.99. The molecule has 0 saturated heterocycles. The maximum Gasteiger partial charge on any atom is 0.335 e. The van der Waals surface area contributed by atoms with Crippen molar-refractivity contribution in [1.82, 2.24) is 15.1 Å². The molecule has 3 N–H and O–H groups in total. The van der Waals surface area contributed by atoms with Crippen molar-refractivity contribution in [2.45, 2.75) is 26.3 Å². The van der Waals surface area contributed by atoms with E-state index in [1.165, 1.54) is 40.1 Å². The standard InChI is InChI=1S/C26H24F2N8O3/c1-14(2)20-11-22(39-34-20)32-25(37)31-21-10-17(7-8-19(21)28)35-13-15-12-30-24(29-3)33-23(15)36(26(35)38)18-6-4-5-16(27)9-18/h4-12,14H,13H2,1-3H3,(H,29,30,33)(H2,31,32,37). The highest BCUT2D eigenvalue weighted by atomic mass is 19.1. The molecule has 2 aromatic heterocycles. The number of fused-ring (bicyclic) bond motifs is 1. The predicted molar refractivity (Wildman–Crippen MR) is 141 cm³/mol. The van der Waals surface area contributed by atoms with E-state index in [0.717, 1.165) is 6.07 Å². The van der Waals surface area contributed by atoms with Crippen LogP contribution in [-0.2, 0) is 6.54 Å². The van der Waals surface area contributed by atoms with E-state index in [2.05, 4.69) is 31.1 Å². The Labute approximate surface area is 221 Å². The fraction of sp³-hybridized carbons (Fsp3) is 0.192. The highest BCUT2D eigenvalue weighted by Gasteiger charge is 2.35. The predicted octanol–water partition coefficient (Wildman–Crippen LogP) is 5.83. The summed E-state index contributed by atoms with van der Waals surface area (Å²) in [6, 6.07) is 9.64. The van der Waals surface area contributed by atoms with Crippen molar-refractivity contribution >= 4 is 46.8 Å². The van der Waals surface area contributed by atoms with Gasteiger partial charge in [0.2, 0.25) is 11.8 Å². The number of hydrogen-bond acceptors (Lipinski definition) is 7. The summed E-state index contributed by atoms with van der Waals surface area (Å²) in [6.45, 7) is 3.89. The van der Waals surface area contributed by atoms with Gasteiger partial charge in [-0.1, -0.05) is 25.1 Å². The molecule has 0 saturated carbocycles. The Morgan fingerprint density at radius 2 is 1.90 bits per heavy atom. The number of halogens is 2. The maximum absolute atomic E-state index is 14.7. The van der Waals surface area contributed by atoms with Crippen LogP contribution in [0, 0.1) is 11.6 Å². The van der Waals surface area contributed by atoms with E-state index in [1.54, 1.807) is 25.4 Å². The lowest BCUT2D eigenvalue weighted by Crippen LogP contribution is -2.45. The summed E-state index contributed by atoms with van der Waals surface area (Å²) in [5, 5.41) is 11.6. The van der Waals surface area contributed by atoms with Crippen LogP contribution < -0.4 is 25.8 Å². The zero-order chi connectivity index (χ0) is 27.7. The molecule has 13 heteroatoms. The molecule has 0 radical (unpaired) electrons. The lowest BCUT2D eigenvalue weighted by atomic mass is 10.1. The minimum Gasteiger partial charge on any atom is -0.357 e. The zero-order valence-electron chi connectivity index (χ0n) is 21.2. The number of carbonyl (C=O) groups is 2. The molecule has 3 heterocycles. The monoisotopic (exact) mass is 534 g/mol. The molecule has 200 valence electrons. The quantitative estimate of drug-likeness (QED) is 0.284. The summed E-state index contributed by atoms with van der Waals surface area (Å²) >= 11 is 0. The number of aromatic nitrogens is 3. The van der Waals surface area contributed by atoms with Gasteiger partial charge >= 0.3 is 12.1 Å². The van der Waals surface area contributed by atoms with Crippen LogP contribution in [0.5, 0.6) is 0 Å². The molecular weight excluding hydrogens is 510 g/mol. The molecule has 4 aromatic rings. The molecule has 39 heavy (non-hydrogen) atoms. The Morgan fingerprint density at radius 1 is 1.08 bits per heavy atom. The van der Waals surface area contributed by atoms with Gasteiger partial charge in [-0.15, -0.1) is 0 Å². The van der Waals surface area contributed by atoms with Crippen LogP contribution >= 0.6 is 0 Å². The first-order chi connectivity index (χ1) is 18.7. The first-order valence-corrected chi connectivity index (χ1v) is 12.0. The fourth-order valence-corrected chi connectivity index (χ4v) is 3.98. The summed E-state index contributed by atoms with van der Waals surface area (Å²) in [4.78, 5) is 37.5. The van der Waals surface area contributed by atoms with Gasteiger partial charge in [-0.25, -0.2) is 28.3 Å². The Morgan fingerprint density at radius 3 is 2.62 bits per heavy atom. The van der Waals surface area contributed by atoms with Crippen molar-refractivity contribution in [3.8, 4) is 0 Å². The molecule has 1 aliphatic rings. The Kier molecular flexibility index (Phi) is 6.79. The SMILES string of the molecule is CNc1ncc2c(n1)N(c1cccc(F)c1)C(=O)N(c1ccc(F)c(NC(=O)Nc3cc(C(C)C)no3)c1)C2. The molecule has 0 atom stereocenters. The number of anilines is 6. The lowest BCUT2D eigenvalue weighted by molar-refractivity contribution is 0.252. The van der Waals surface area contributed by atoms with E-state index in [1.807, 2.05) is 13.8 Å². The second kappa shape index (κ2) is 10.4. The van der Waals surface area contributed by atoms with Crippen LogP contribution in [0.4, 0.5) is 53.1 Å². The molecular formula is C26H24F2N8O3. The molecule has 5 rings (SSSR count). The second-order valence-electron chi connectivity index (χ2n) is 8.99. The zero-order valence-corrected chi connectivity index (χ0v) is 21.2. The van der Waals surface area contributed by atoms with E-state index in [0.29, 0.717) is 11.3 Å². The van der Waals surface area contributed by atoms with Gasteiger partial charge in [0, 0.05) is 30.6 Å². The normalized spacial score (nSPS) is 12.9. The van der Waals surface area contributed by atoms with Crippen molar-refractivity contribution in [3.63, 3.8) is 0 Å². The molecule has 2 aromatic carbocycles. The average molecular weight is 535 g/mol. The summed E-state index contributed by atoms with van der Waals surface area (Å²) in [5.41, 5.74) is 1.57.